The van der Waals surface area contributed by atoms with Gasteiger partial charge < -0.3 is 10.2 Å². The van der Waals surface area contributed by atoms with Crippen LogP contribution in [0.25, 0.3) is 0 Å². The fraction of sp³-hybridized carbons (Fsp3) is 0.533. The first-order chi connectivity index (χ1) is 8.63. The lowest BCUT2D eigenvalue weighted by Gasteiger charge is -2.31. The number of benzene rings is 1. The number of piperazine rings is 1. The highest BCUT2D eigenvalue weighted by atomic mass is 15.2. The zero-order valence-corrected chi connectivity index (χ0v) is 11.5. The first-order valence-corrected chi connectivity index (χ1v) is 6.63. The molecule has 3 heteroatoms. The molecule has 0 aliphatic carbocycles. The van der Waals surface area contributed by atoms with E-state index in [4.69, 9.17) is 0 Å². The van der Waals surface area contributed by atoms with Crippen LogP contribution in [-0.4, -0.2) is 26.2 Å². The van der Waals surface area contributed by atoms with Gasteiger partial charge in [-0.15, -0.1) is 0 Å². The molecule has 96 valence electrons. The van der Waals surface area contributed by atoms with Gasteiger partial charge >= 0.3 is 0 Å². The predicted molar refractivity (Wildman–Crippen MR) is 75.1 cm³/mol. The maximum absolute atomic E-state index is 9.39. The zero-order valence-electron chi connectivity index (χ0n) is 11.5. The Morgan fingerprint density at radius 3 is 2.50 bits per heavy atom. The highest BCUT2D eigenvalue weighted by Gasteiger charge is 2.17. The minimum Gasteiger partial charge on any atom is -0.368 e. The van der Waals surface area contributed by atoms with Gasteiger partial charge in [0, 0.05) is 26.2 Å². The van der Waals surface area contributed by atoms with Crippen LogP contribution >= 0.6 is 0 Å². The molecule has 1 aliphatic rings. The molecule has 0 bridgehead atoms. The maximum atomic E-state index is 9.39. The summed E-state index contributed by atoms with van der Waals surface area (Å²) in [7, 11) is 0. The summed E-state index contributed by atoms with van der Waals surface area (Å²) in [6.07, 6.45) is 0. The van der Waals surface area contributed by atoms with Gasteiger partial charge in [-0.2, -0.15) is 5.26 Å². The molecular formula is C15H21N3. The lowest BCUT2D eigenvalue weighted by Crippen LogP contribution is -2.44. The Labute approximate surface area is 109 Å². The summed E-state index contributed by atoms with van der Waals surface area (Å²) in [5, 5.41) is 12.7. The number of hydrogen-bond donors (Lipinski definition) is 1. The van der Waals surface area contributed by atoms with Crippen molar-refractivity contribution in [3.8, 4) is 6.07 Å². The third kappa shape index (κ3) is 2.49. The topological polar surface area (TPSA) is 39.1 Å². The lowest BCUT2D eigenvalue weighted by atomic mass is 9.96. The molecule has 1 aromatic carbocycles. The van der Waals surface area contributed by atoms with E-state index >= 15 is 0 Å². The summed E-state index contributed by atoms with van der Waals surface area (Å²) >= 11 is 0. The van der Waals surface area contributed by atoms with Crippen molar-refractivity contribution in [2.24, 2.45) is 0 Å². The molecule has 1 N–H and O–H groups in total. The minimum absolute atomic E-state index is 0.466. The van der Waals surface area contributed by atoms with Crippen molar-refractivity contribution in [2.45, 2.75) is 26.7 Å². The Morgan fingerprint density at radius 1 is 1.28 bits per heavy atom. The molecule has 0 spiro atoms. The predicted octanol–water partition coefficient (Wildman–Crippen LogP) is 2.40. The number of hydrogen-bond acceptors (Lipinski definition) is 3. The van der Waals surface area contributed by atoms with Gasteiger partial charge in [0.2, 0.25) is 0 Å². The molecule has 1 aliphatic heterocycles. The van der Waals surface area contributed by atoms with Gasteiger partial charge in [0.1, 0.15) is 6.07 Å². The Kier molecular flexibility index (Phi) is 3.88. The van der Waals surface area contributed by atoms with Crippen molar-refractivity contribution in [3.05, 3.63) is 28.8 Å². The van der Waals surface area contributed by atoms with Gasteiger partial charge in [-0.05, 0) is 30.0 Å². The van der Waals surface area contributed by atoms with E-state index in [1.807, 2.05) is 0 Å². The standard InChI is InChI=1S/C15H21N3/c1-11(2)13-8-12(3)15(14(9-13)10-16)18-6-4-17-5-7-18/h8-9,11,17H,4-7H2,1-3H3. The van der Waals surface area contributed by atoms with E-state index in [0.29, 0.717) is 5.92 Å². The third-order valence-corrected chi connectivity index (χ3v) is 3.54. The lowest BCUT2D eigenvalue weighted by molar-refractivity contribution is 0.588. The van der Waals surface area contributed by atoms with Crippen LogP contribution in [-0.2, 0) is 0 Å². The van der Waals surface area contributed by atoms with Crippen LogP contribution in [0.3, 0.4) is 0 Å². The molecule has 1 aromatic rings. The number of anilines is 1. The first kappa shape index (κ1) is 12.9. The Balaban J connectivity index is 2.43. The van der Waals surface area contributed by atoms with Crippen LogP contribution in [0, 0.1) is 18.3 Å². The monoisotopic (exact) mass is 243 g/mol. The van der Waals surface area contributed by atoms with Gasteiger partial charge in [-0.1, -0.05) is 19.9 Å². The fourth-order valence-corrected chi connectivity index (χ4v) is 2.53. The number of rotatable bonds is 2. The van der Waals surface area contributed by atoms with Crippen molar-refractivity contribution in [1.82, 2.24) is 5.32 Å². The molecular weight excluding hydrogens is 222 g/mol. The van der Waals surface area contributed by atoms with Crippen molar-refractivity contribution >= 4 is 5.69 Å². The molecule has 2 rings (SSSR count). The van der Waals surface area contributed by atoms with Crippen LogP contribution < -0.4 is 10.2 Å². The SMILES string of the molecule is Cc1cc(C(C)C)cc(C#N)c1N1CCNCC1. The van der Waals surface area contributed by atoms with Gasteiger partial charge in [-0.25, -0.2) is 0 Å². The molecule has 0 radical (unpaired) electrons. The minimum atomic E-state index is 0.466. The molecule has 1 saturated heterocycles. The summed E-state index contributed by atoms with van der Waals surface area (Å²) in [5.41, 5.74) is 4.42. The second kappa shape index (κ2) is 5.41. The summed E-state index contributed by atoms with van der Waals surface area (Å²) in [5.74, 6) is 0.466. The van der Waals surface area contributed by atoms with Crippen LogP contribution in [0.15, 0.2) is 12.1 Å². The van der Waals surface area contributed by atoms with E-state index in [0.717, 1.165) is 37.4 Å². The fourth-order valence-electron chi connectivity index (χ4n) is 2.53. The van der Waals surface area contributed by atoms with Crippen molar-refractivity contribution < 1.29 is 0 Å². The summed E-state index contributed by atoms with van der Waals surface area (Å²) in [6.45, 7) is 10.4. The molecule has 0 atom stereocenters. The molecule has 0 unspecified atom stereocenters. The average molecular weight is 243 g/mol. The molecule has 1 heterocycles. The van der Waals surface area contributed by atoms with Crippen molar-refractivity contribution in [1.29, 1.82) is 5.26 Å². The molecule has 1 fully saturated rings. The van der Waals surface area contributed by atoms with E-state index in [1.165, 1.54) is 11.1 Å². The average Bonchev–Trinajstić information content (AvgIpc) is 2.38. The number of aryl methyl sites for hydroxylation is 1. The normalized spacial score (nSPS) is 15.8. The molecule has 0 aromatic heterocycles. The van der Waals surface area contributed by atoms with Crippen LogP contribution in [0.1, 0.15) is 36.5 Å². The second-order valence-electron chi connectivity index (χ2n) is 5.24. The van der Waals surface area contributed by atoms with E-state index in [1.54, 1.807) is 0 Å². The first-order valence-electron chi connectivity index (χ1n) is 6.63. The third-order valence-electron chi connectivity index (χ3n) is 3.54. The van der Waals surface area contributed by atoms with Crippen LogP contribution in [0.2, 0.25) is 0 Å². The number of nitriles is 1. The summed E-state index contributed by atoms with van der Waals surface area (Å²) in [4.78, 5) is 2.33. The second-order valence-corrected chi connectivity index (χ2v) is 5.24. The van der Waals surface area contributed by atoms with Gasteiger partial charge in [-0.3, -0.25) is 0 Å². The Bertz CT molecular complexity index is 465. The largest absolute Gasteiger partial charge is 0.368 e. The molecule has 3 nitrogen and oxygen atoms in total. The molecule has 0 amide bonds. The van der Waals surface area contributed by atoms with Gasteiger partial charge in [0.15, 0.2) is 0 Å². The zero-order chi connectivity index (χ0) is 13.1. The Morgan fingerprint density at radius 2 is 1.94 bits per heavy atom. The maximum Gasteiger partial charge on any atom is 0.101 e. The van der Waals surface area contributed by atoms with Gasteiger partial charge in [0.25, 0.3) is 0 Å². The van der Waals surface area contributed by atoms with Crippen LogP contribution in [0.4, 0.5) is 5.69 Å². The van der Waals surface area contributed by atoms with Crippen molar-refractivity contribution in [2.75, 3.05) is 31.1 Å². The number of nitrogens with zero attached hydrogens (tertiary/aromatic N) is 2. The number of nitrogens with one attached hydrogen (secondary N) is 1. The molecule has 18 heavy (non-hydrogen) atoms. The Hall–Kier alpha value is -1.53. The van der Waals surface area contributed by atoms with E-state index < -0.39 is 0 Å². The smallest absolute Gasteiger partial charge is 0.101 e. The van der Waals surface area contributed by atoms with Crippen molar-refractivity contribution in [3.63, 3.8) is 0 Å². The van der Waals surface area contributed by atoms with Crippen LogP contribution in [0.5, 0.6) is 0 Å². The van der Waals surface area contributed by atoms with E-state index in [2.05, 4.69) is 49.2 Å². The summed E-state index contributed by atoms with van der Waals surface area (Å²) in [6, 6.07) is 6.64. The quantitative estimate of drug-likeness (QED) is 0.867. The summed E-state index contributed by atoms with van der Waals surface area (Å²) < 4.78 is 0. The van der Waals surface area contributed by atoms with E-state index in [-0.39, 0.29) is 0 Å². The highest BCUT2D eigenvalue weighted by Crippen LogP contribution is 2.29. The molecule has 0 saturated carbocycles. The van der Waals surface area contributed by atoms with Gasteiger partial charge in [0.05, 0.1) is 11.3 Å². The van der Waals surface area contributed by atoms with E-state index in [9.17, 15) is 5.26 Å². The highest BCUT2D eigenvalue weighted by molar-refractivity contribution is 5.65.